The quantitative estimate of drug-likeness (QED) is 0.555. The molecule has 80 valence electrons. The van der Waals surface area contributed by atoms with Crippen molar-refractivity contribution in [3.8, 4) is 0 Å². The zero-order valence-electron chi connectivity index (χ0n) is 8.09. The molecule has 6 heteroatoms. The van der Waals surface area contributed by atoms with Crippen molar-refractivity contribution >= 4 is 13.1 Å². The second-order valence-electron chi connectivity index (χ2n) is 3.73. The van der Waals surface area contributed by atoms with Gasteiger partial charge in [0.1, 0.15) is 0 Å². The first-order chi connectivity index (χ1) is 6.50. The first-order valence-electron chi connectivity index (χ1n) is 4.74. The molecular formula is C8H15BO5. The van der Waals surface area contributed by atoms with Gasteiger partial charge in [-0.1, -0.05) is 0 Å². The number of hydrogen-bond donors (Lipinski definition) is 3. The van der Waals surface area contributed by atoms with Gasteiger partial charge < -0.3 is 19.9 Å². The Bertz CT molecular complexity index is 208. The van der Waals surface area contributed by atoms with Gasteiger partial charge in [0, 0.05) is 5.82 Å². The molecule has 0 spiro atoms. The van der Waals surface area contributed by atoms with Crippen LogP contribution in [0.5, 0.6) is 0 Å². The summed E-state index contributed by atoms with van der Waals surface area (Å²) in [6, 6.07) is 0. The van der Waals surface area contributed by atoms with Gasteiger partial charge in [-0.05, 0) is 19.8 Å². The number of aliphatic hydroxyl groups excluding tert-OH is 1. The summed E-state index contributed by atoms with van der Waals surface area (Å²) in [7, 11) is -1.05. The average molecular weight is 202 g/mol. The van der Waals surface area contributed by atoms with Crippen LogP contribution in [0, 0.1) is 0 Å². The van der Waals surface area contributed by atoms with Crippen LogP contribution < -0.4 is 0 Å². The molecule has 0 saturated carbocycles. The highest BCUT2D eigenvalue weighted by molar-refractivity contribution is 6.45. The molecule has 1 rings (SSSR count). The molecule has 0 aliphatic carbocycles. The van der Waals surface area contributed by atoms with E-state index >= 15 is 0 Å². The minimum absolute atomic E-state index is 0.0937. The van der Waals surface area contributed by atoms with Crippen molar-refractivity contribution in [3.05, 3.63) is 0 Å². The normalized spacial score (nSPS) is 30.1. The highest BCUT2D eigenvalue weighted by atomic mass is 16.5. The second-order valence-corrected chi connectivity index (χ2v) is 3.73. The van der Waals surface area contributed by atoms with Gasteiger partial charge in [0.25, 0.3) is 0 Å². The van der Waals surface area contributed by atoms with E-state index in [4.69, 9.17) is 9.76 Å². The van der Waals surface area contributed by atoms with Crippen LogP contribution in [0.4, 0.5) is 0 Å². The molecular weight excluding hydrogens is 187 g/mol. The van der Waals surface area contributed by atoms with Crippen LogP contribution in [0.15, 0.2) is 0 Å². The second kappa shape index (κ2) is 4.77. The average Bonchev–Trinajstić information content (AvgIpc) is 2.01. The minimum Gasteiger partial charge on any atom is -0.481 e. The number of hydrogen-bond acceptors (Lipinski definition) is 4. The van der Waals surface area contributed by atoms with Gasteiger partial charge in [-0.2, -0.15) is 0 Å². The number of carboxylic acids is 1. The van der Waals surface area contributed by atoms with Crippen LogP contribution in [0.1, 0.15) is 26.2 Å². The molecule has 1 heterocycles. The number of carboxylic acid groups (broad SMARTS) is 1. The Morgan fingerprint density at radius 3 is 2.71 bits per heavy atom. The zero-order chi connectivity index (χ0) is 10.7. The van der Waals surface area contributed by atoms with Crippen LogP contribution >= 0.6 is 0 Å². The molecule has 1 fully saturated rings. The molecule has 5 nitrogen and oxygen atoms in total. The smallest absolute Gasteiger partial charge is 0.460 e. The molecule has 3 atom stereocenters. The Morgan fingerprint density at radius 1 is 1.64 bits per heavy atom. The van der Waals surface area contributed by atoms with Crippen LogP contribution in [0.3, 0.4) is 0 Å². The van der Waals surface area contributed by atoms with Gasteiger partial charge >= 0.3 is 13.1 Å². The molecule has 1 aliphatic heterocycles. The first-order valence-corrected chi connectivity index (χ1v) is 4.74. The van der Waals surface area contributed by atoms with E-state index in [2.05, 4.69) is 0 Å². The van der Waals surface area contributed by atoms with E-state index in [9.17, 15) is 14.9 Å². The summed E-state index contributed by atoms with van der Waals surface area (Å²) in [5, 5.41) is 27.2. The number of aliphatic carboxylic acids is 1. The fraction of sp³-hybridized carbons (Fsp3) is 0.875. The van der Waals surface area contributed by atoms with Crippen molar-refractivity contribution < 1.29 is 24.7 Å². The highest BCUT2D eigenvalue weighted by Crippen LogP contribution is 2.30. The van der Waals surface area contributed by atoms with Crippen LogP contribution in [-0.4, -0.2) is 40.5 Å². The highest BCUT2D eigenvalue weighted by Gasteiger charge is 2.38. The summed E-state index contributed by atoms with van der Waals surface area (Å²) in [5.41, 5.74) is 0. The van der Waals surface area contributed by atoms with Crippen LogP contribution in [-0.2, 0) is 9.45 Å². The lowest BCUT2D eigenvalue weighted by molar-refractivity contribution is -0.139. The summed E-state index contributed by atoms with van der Waals surface area (Å²) in [5.74, 6) is -1.24. The van der Waals surface area contributed by atoms with Gasteiger partial charge in [-0.3, -0.25) is 4.79 Å². The monoisotopic (exact) mass is 202 g/mol. The zero-order valence-corrected chi connectivity index (χ0v) is 8.09. The molecule has 1 unspecified atom stereocenters. The van der Waals surface area contributed by atoms with Crippen molar-refractivity contribution in [2.45, 2.75) is 44.2 Å². The Kier molecular flexibility index (Phi) is 3.91. The molecule has 0 aromatic heterocycles. The minimum atomic E-state index is -1.05. The lowest BCUT2D eigenvalue weighted by Crippen LogP contribution is -2.40. The van der Waals surface area contributed by atoms with Gasteiger partial charge in [0.15, 0.2) is 0 Å². The summed E-state index contributed by atoms with van der Waals surface area (Å²) in [4.78, 5) is 10.4. The van der Waals surface area contributed by atoms with E-state index in [1.807, 2.05) is 0 Å². The maximum absolute atomic E-state index is 10.4. The van der Waals surface area contributed by atoms with E-state index in [0.29, 0.717) is 12.8 Å². The van der Waals surface area contributed by atoms with Crippen molar-refractivity contribution in [2.24, 2.45) is 0 Å². The Labute approximate surface area is 82.8 Å². The third-order valence-corrected chi connectivity index (χ3v) is 2.54. The van der Waals surface area contributed by atoms with Gasteiger partial charge in [-0.15, -0.1) is 0 Å². The Hall–Kier alpha value is -0.585. The summed E-state index contributed by atoms with van der Waals surface area (Å²) < 4.78 is 5.09. The van der Waals surface area contributed by atoms with Crippen LogP contribution in [0.2, 0.25) is 5.82 Å². The molecule has 0 aromatic rings. The standard InChI is InChI=1S/C8H15BO5/c1-5(10)7-3-2-6(4-8(11)12)14-9(7)13/h5-7,10,13H,2-4H2,1H3,(H,11,12)/t5?,6-,7+/m0/s1. The maximum atomic E-state index is 10.4. The van der Waals surface area contributed by atoms with Crippen molar-refractivity contribution in [2.75, 3.05) is 0 Å². The predicted octanol–water partition coefficient (Wildman–Crippen LogP) is -0.128. The fourth-order valence-corrected chi connectivity index (χ4v) is 1.71. The van der Waals surface area contributed by atoms with Crippen molar-refractivity contribution in [1.29, 1.82) is 0 Å². The van der Waals surface area contributed by atoms with E-state index in [0.717, 1.165) is 0 Å². The third kappa shape index (κ3) is 2.97. The SMILES string of the molecule is CC(O)[C@H]1CC[C@@H](CC(=O)O)OB1O. The summed E-state index contributed by atoms with van der Waals surface area (Å²) in [6.07, 6.45) is 0.00697. The lowest BCUT2D eigenvalue weighted by Gasteiger charge is -2.31. The number of aliphatic hydroxyl groups is 1. The molecule has 0 aromatic carbocycles. The molecule has 1 saturated heterocycles. The van der Waals surface area contributed by atoms with Crippen molar-refractivity contribution in [3.63, 3.8) is 0 Å². The first kappa shape index (κ1) is 11.5. The molecule has 0 bridgehead atoms. The molecule has 3 N–H and O–H groups in total. The van der Waals surface area contributed by atoms with E-state index < -0.39 is 25.3 Å². The third-order valence-electron chi connectivity index (χ3n) is 2.54. The molecule has 1 aliphatic rings. The van der Waals surface area contributed by atoms with E-state index in [1.165, 1.54) is 0 Å². The van der Waals surface area contributed by atoms with E-state index in [-0.39, 0.29) is 12.2 Å². The number of carbonyl (C=O) groups is 1. The van der Waals surface area contributed by atoms with Gasteiger partial charge in [0.2, 0.25) is 0 Å². The van der Waals surface area contributed by atoms with E-state index in [1.54, 1.807) is 6.92 Å². The fourth-order valence-electron chi connectivity index (χ4n) is 1.71. The largest absolute Gasteiger partial charge is 0.481 e. The van der Waals surface area contributed by atoms with Crippen LogP contribution in [0.25, 0.3) is 0 Å². The lowest BCUT2D eigenvalue weighted by atomic mass is 9.64. The van der Waals surface area contributed by atoms with Gasteiger partial charge in [0.05, 0.1) is 18.6 Å². The summed E-state index contributed by atoms with van der Waals surface area (Å²) >= 11 is 0. The molecule has 0 radical (unpaired) electrons. The van der Waals surface area contributed by atoms with Gasteiger partial charge in [-0.25, -0.2) is 0 Å². The van der Waals surface area contributed by atoms with Crippen molar-refractivity contribution in [1.82, 2.24) is 0 Å². The molecule has 14 heavy (non-hydrogen) atoms. The topological polar surface area (TPSA) is 87.0 Å². The maximum Gasteiger partial charge on any atom is 0.460 e. The summed E-state index contributed by atoms with van der Waals surface area (Å²) in [6.45, 7) is 1.59. The Morgan fingerprint density at radius 2 is 2.29 bits per heavy atom. The molecule has 0 amide bonds. The number of rotatable bonds is 3. The Balaban J connectivity index is 2.42. The predicted molar refractivity (Wildman–Crippen MR) is 49.8 cm³/mol.